The van der Waals surface area contributed by atoms with Gasteiger partial charge in [-0.2, -0.15) is 0 Å². The minimum atomic E-state index is -3.05. The standard InChI is InChI=1S/C7H15NO/c1-8-5-2-3-7(8)4-6-9/h7,9H,2-6H2,1H3/t7-/m1/s1/i1D3,4D2,6D2. The zero-order valence-corrected chi connectivity index (χ0v) is 5.09. The van der Waals surface area contributed by atoms with Gasteiger partial charge in [0.15, 0.2) is 0 Å². The predicted molar refractivity (Wildman–Crippen MR) is 37.4 cm³/mol. The van der Waals surface area contributed by atoms with E-state index in [4.69, 9.17) is 14.7 Å². The monoisotopic (exact) mass is 136 g/mol. The second-order valence-electron chi connectivity index (χ2n) is 2.11. The third-order valence-electron chi connectivity index (χ3n) is 1.48. The fourth-order valence-corrected chi connectivity index (χ4v) is 0.991. The number of aliphatic hydroxyl groups is 1. The molecule has 1 aliphatic heterocycles. The Morgan fingerprint density at radius 1 is 2.00 bits per heavy atom. The first-order chi connectivity index (χ1) is 6.98. The summed E-state index contributed by atoms with van der Waals surface area (Å²) in [5, 5.41) is 9.14. The van der Waals surface area contributed by atoms with Crippen molar-refractivity contribution in [2.24, 2.45) is 0 Å². The molecule has 0 radical (unpaired) electrons. The van der Waals surface area contributed by atoms with Crippen LogP contribution in [0.5, 0.6) is 0 Å². The van der Waals surface area contributed by atoms with Crippen molar-refractivity contribution in [3.05, 3.63) is 0 Å². The average molecular weight is 136 g/mol. The molecule has 0 aromatic carbocycles. The van der Waals surface area contributed by atoms with Gasteiger partial charge in [0.2, 0.25) is 0 Å². The molecule has 0 bridgehead atoms. The van der Waals surface area contributed by atoms with Gasteiger partial charge in [-0.05, 0) is 32.7 Å². The second-order valence-corrected chi connectivity index (χ2v) is 2.11. The van der Waals surface area contributed by atoms with Crippen LogP contribution in [0.15, 0.2) is 0 Å². The van der Waals surface area contributed by atoms with Gasteiger partial charge >= 0.3 is 0 Å². The molecule has 1 fully saturated rings. The van der Waals surface area contributed by atoms with Gasteiger partial charge in [0.05, 0.1) is 2.74 Å². The van der Waals surface area contributed by atoms with Gasteiger partial charge in [0.1, 0.15) is 0 Å². The minimum Gasteiger partial charge on any atom is -0.396 e. The number of nitrogens with zero attached hydrogens (tertiary/aromatic N) is 1. The van der Waals surface area contributed by atoms with Crippen molar-refractivity contribution >= 4 is 0 Å². The molecule has 0 aromatic heterocycles. The molecule has 1 heterocycles. The summed E-state index contributed by atoms with van der Waals surface area (Å²) in [4.78, 5) is 0.945. The van der Waals surface area contributed by atoms with Crippen molar-refractivity contribution in [2.75, 3.05) is 20.1 Å². The van der Waals surface area contributed by atoms with Gasteiger partial charge < -0.3 is 10.0 Å². The van der Waals surface area contributed by atoms with Crippen molar-refractivity contribution < 1.29 is 14.7 Å². The highest BCUT2D eigenvalue weighted by Crippen LogP contribution is 2.16. The summed E-state index contributed by atoms with van der Waals surface area (Å²) < 4.78 is 50.8. The lowest BCUT2D eigenvalue weighted by Gasteiger charge is -2.17. The van der Waals surface area contributed by atoms with Crippen molar-refractivity contribution in [1.29, 1.82) is 0 Å². The van der Waals surface area contributed by atoms with Gasteiger partial charge in [-0.25, -0.2) is 0 Å². The smallest absolute Gasteiger partial charge is 0.0564 e. The van der Waals surface area contributed by atoms with Crippen LogP contribution in [0.3, 0.4) is 0 Å². The number of hydrogen-bond donors (Lipinski definition) is 1. The molecule has 0 aliphatic carbocycles. The summed E-state index contributed by atoms with van der Waals surface area (Å²) >= 11 is 0. The summed E-state index contributed by atoms with van der Waals surface area (Å²) in [6.07, 6.45) is -1.89. The predicted octanol–water partition coefficient (Wildman–Crippen LogP) is 0.463. The van der Waals surface area contributed by atoms with E-state index in [9.17, 15) is 0 Å². The normalized spacial score (nSPS) is 45.4. The summed E-state index contributed by atoms with van der Waals surface area (Å²) in [7, 11) is 0. The molecule has 0 spiro atoms. The van der Waals surface area contributed by atoms with E-state index in [0.717, 1.165) is 4.90 Å². The van der Waals surface area contributed by atoms with Crippen LogP contribution in [-0.4, -0.2) is 36.1 Å². The maximum atomic E-state index is 9.14. The van der Waals surface area contributed by atoms with Crippen LogP contribution in [0, 0.1) is 0 Å². The third-order valence-corrected chi connectivity index (χ3v) is 1.48. The van der Waals surface area contributed by atoms with Crippen LogP contribution in [0.2, 0.25) is 0 Å². The lowest BCUT2D eigenvalue weighted by molar-refractivity contribution is 0.220. The Kier molecular flexibility index (Phi) is 0.780. The van der Waals surface area contributed by atoms with Crippen LogP contribution in [0.4, 0.5) is 0 Å². The highest BCUT2D eigenvalue weighted by Gasteiger charge is 2.19. The highest BCUT2D eigenvalue weighted by molar-refractivity contribution is 4.75. The first-order valence-electron chi connectivity index (χ1n) is 6.47. The topological polar surface area (TPSA) is 23.5 Å². The molecule has 2 nitrogen and oxygen atoms in total. The Morgan fingerprint density at radius 3 is 3.56 bits per heavy atom. The lowest BCUT2D eigenvalue weighted by Crippen LogP contribution is -2.25. The highest BCUT2D eigenvalue weighted by atomic mass is 16.3. The van der Waals surface area contributed by atoms with Gasteiger partial charge in [-0.15, -0.1) is 0 Å². The Bertz CT molecular complexity index is 258. The number of hydrogen-bond acceptors (Lipinski definition) is 2. The molecular weight excluding hydrogens is 114 g/mol. The van der Waals surface area contributed by atoms with Gasteiger partial charge in [-0.1, -0.05) is 0 Å². The Labute approximate surface area is 66.3 Å². The van der Waals surface area contributed by atoms with E-state index in [2.05, 4.69) is 0 Å². The van der Waals surface area contributed by atoms with Crippen LogP contribution < -0.4 is 0 Å². The van der Waals surface area contributed by atoms with E-state index in [-0.39, 0.29) is 13.0 Å². The van der Waals surface area contributed by atoms with E-state index in [0.29, 0.717) is 6.42 Å². The Morgan fingerprint density at radius 2 is 2.89 bits per heavy atom. The molecule has 1 saturated heterocycles. The molecular formula is C7H15NO. The van der Waals surface area contributed by atoms with E-state index < -0.39 is 25.9 Å². The average Bonchev–Trinajstić information content (AvgIpc) is 2.47. The molecule has 0 aromatic rings. The largest absolute Gasteiger partial charge is 0.396 e. The Balaban J connectivity index is 2.96. The fourth-order valence-electron chi connectivity index (χ4n) is 0.991. The van der Waals surface area contributed by atoms with E-state index in [1.165, 1.54) is 0 Å². The fraction of sp³-hybridized carbons (Fsp3) is 1.00. The molecule has 0 saturated carbocycles. The number of rotatable bonds is 2. The lowest BCUT2D eigenvalue weighted by atomic mass is 10.2. The van der Waals surface area contributed by atoms with Crippen molar-refractivity contribution in [3.63, 3.8) is 0 Å². The van der Waals surface area contributed by atoms with Gasteiger partial charge in [0.25, 0.3) is 0 Å². The zero-order chi connectivity index (χ0) is 12.8. The first kappa shape index (κ1) is 2.21. The molecule has 1 N–H and O–H groups in total. The van der Waals surface area contributed by atoms with E-state index >= 15 is 0 Å². The third kappa shape index (κ3) is 1.66. The quantitative estimate of drug-likeness (QED) is 0.596. The van der Waals surface area contributed by atoms with E-state index in [1.807, 2.05) is 0 Å². The maximum Gasteiger partial charge on any atom is 0.0564 e. The molecule has 1 rings (SSSR count). The minimum absolute atomic E-state index is 0.191. The molecule has 2 heteroatoms. The van der Waals surface area contributed by atoms with Gasteiger partial charge in [0, 0.05) is 19.5 Å². The summed E-state index contributed by atoms with van der Waals surface area (Å²) in [6, 6.07) is -1.13. The van der Waals surface area contributed by atoms with Crippen LogP contribution in [0.1, 0.15) is 28.8 Å². The van der Waals surface area contributed by atoms with Crippen molar-refractivity contribution in [3.8, 4) is 0 Å². The Hall–Kier alpha value is -0.0800. The summed E-state index contributed by atoms with van der Waals surface area (Å²) in [6.45, 7) is -5.32. The molecule has 1 aliphatic rings. The molecule has 54 valence electrons. The number of likely N-dealkylation sites (tertiary alicyclic amines) is 1. The van der Waals surface area contributed by atoms with Gasteiger partial charge in [-0.3, -0.25) is 0 Å². The van der Waals surface area contributed by atoms with E-state index in [1.54, 1.807) is 0 Å². The second kappa shape index (κ2) is 3.18. The molecule has 1 atom stereocenters. The maximum absolute atomic E-state index is 9.14. The SMILES string of the molecule is [2H]C([2H])([2H])N1CCC[C@@H]1C([2H])([2H])C([2H])([2H])O. The van der Waals surface area contributed by atoms with Crippen molar-refractivity contribution in [2.45, 2.75) is 25.3 Å². The van der Waals surface area contributed by atoms with Crippen LogP contribution >= 0.6 is 0 Å². The van der Waals surface area contributed by atoms with Crippen LogP contribution in [0.25, 0.3) is 0 Å². The molecule has 0 unspecified atom stereocenters. The zero-order valence-electron chi connectivity index (χ0n) is 12.1. The first-order valence-corrected chi connectivity index (χ1v) is 2.97. The summed E-state index contributed by atoms with van der Waals surface area (Å²) in [5.74, 6) is 0. The van der Waals surface area contributed by atoms with Crippen molar-refractivity contribution in [1.82, 2.24) is 4.90 Å². The molecule has 0 amide bonds. The van der Waals surface area contributed by atoms with Crippen LogP contribution in [-0.2, 0) is 0 Å². The molecule has 9 heavy (non-hydrogen) atoms. The summed E-state index contributed by atoms with van der Waals surface area (Å²) in [5.41, 5.74) is 0.